The molecule has 2 aliphatic heterocycles. The molecular weight excluding hydrogens is 519 g/mol. The zero-order valence-electron chi connectivity index (χ0n) is 19.5. The first kappa shape index (κ1) is 24.8. The third kappa shape index (κ3) is 4.52. The molecule has 2 amide bonds. The number of hydrogen-bond acceptors (Lipinski definition) is 6. The van der Waals surface area contributed by atoms with Crippen molar-refractivity contribution >= 4 is 67.8 Å². The molecular formula is C26H24ClFN4O2S2. The molecule has 0 aliphatic carbocycles. The summed E-state index contributed by atoms with van der Waals surface area (Å²) in [6, 6.07) is 13.9. The Labute approximate surface area is 222 Å². The van der Waals surface area contributed by atoms with Crippen LogP contribution in [0.5, 0.6) is 0 Å². The lowest BCUT2D eigenvalue weighted by atomic mass is 10.0. The SMILES string of the molecule is CN1CCc2c(sc(NC(=O)C3CC(=O)N(c4ccc(F)cc4)C3)c2-c2nc3ccccc3s2)C1.Cl. The maximum Gasteiger partial charge on any atom is 0.230 e. The van der Waals surface area contributed by atoms with Crippen LogP contribution in [0.3, 0.4) is 0 Å². The molecule has 2 aliphatic rings. The number of anilines is 2. The third-order valence-electron chi connectivity index (χ3n) is 6.63. The maximum atomic E-state index is 13.4. The first-order chi connectivity index (χ1) is 17.0. The second kappa shape index (κ2) is 9.89. The molecule has 6 nitrogen and oxygen atoms in total. The van der Waals surface area contributed by atoms with E-state index in [1.54, 1.807) is 39.7 Å². The van der Waals surface area contributed by atoms with Gasteiger partial charge in [0.05, 0.1) is 16.1 Å². The van der Waals surface area contributed by atoms with Gasteiger partial charge in [0, 0.05) is 42.2 Å². The lowest BCUT2D eigenvalue weighted by Crippen LogP contribution is -2.28. The van der Waals surface area contributed by atoms with E-state index in [2.05, 4.69) is 23.3 Å². The smallest absolute Gasteiger partial charge is 0.230 e. The number of benzene rings is 2. The van der Waals surface area contributed by atoms with E-state index in [-0.39, 0.29) is 43.0 Å². The largest absolute Gasteiger partial charge is 0.317 e. The highest BCUT2D eigenvalue weighted by Gasteiger charge is 2.36. The quantitative estimate of drug-likeness (QED) is 0.366. The van der Waals surface area contributed by atoms with Gasteiger partial charge in [0.2, 0.25) is 11.8 Å². The Morgan fingerprint density at radius 2 is 1.92 bits per heavy atom. The number of thiazole rings is 1. The summed E-state index contributed by atoms with van der Waals surface area (Å²) in [4.78, 5) is 36.0. The van der Waals surface area contributed by atoms with E-state index in [0.717, 1.165) is 45.3 Å². The van der Waals surface area contributed by atoms with Crippen LogP contribution < -0.4 is 10.2 Å². The highest BCUT2D eigenvalue weighted by molar-refractivity contribution is 7.22. The Hall–Kier alpha value is -2.85. The van der Waals surface area contributed by atoms with E-state index in [1.807, 2.05) is 18.2 Å². The first-order valence-corrected chi connectivity index (χ1v) is 13.2. The van der Waals surface area contributed by atoms with Crippen molar-refractivity contribution in [1.82, 2.24) is 9.88 Å². The van der Waals surface area contributed by atoms with E-state index in [9.17, 15) is 14.0 Å². The number of fused-ring (bicyclic) bond motifs is 2. The fraction of sp³-hybridized carbons (Fsp3) is 0.269. The predicted molar refractivity (Wildman–Crippen MR) is 146 cm³/mol. The number of halogens is 2. The molecule has 0 saturated carbocycles. The van der Waals surface area contributed by atoms with Crippen LogP contribution in [0.2, 0.25) is 0 Å². The van der Waals surface area contributed by atoms with Crippen molar-refractivity contribution in [2.45, 2.75) is 19.4 Å². The van der Waals surface area contributed by atoms with Gasteiger partial charge in [0.15, 0.2) is 0 Å². The fourth-order valence-electron chi connectivity index (χ4n) is 4.79. The molecule has 0 bridgehead atoms. The summed E-state index contributed by atoms with van der Waals surface area (Å²) in [5.41, 5.74) is 3.84. The molecule has 1 saturated heterocycles. The molecule has 1 atom stereocenters. The number of likely N-dealkylation sites (N-methyl/N-ethyl adjacent to an activating group) is 1. The summed E-state index contributed by atoms with van der Waals surface area (Å²) < 4.78 is 14.4. The Morgan fingerprint density at radius 3 is 2.69 bits per heavy atom. The van der Waals surface area contributed by atoms with Gasteiger partial charge in [-0.3, -0.25) is 9.59 Å². The number of amides is 2. The molecule has 2 aromatic carbocycles. The molecule has 6 rings (SSSR count). The summed E-state index contributed by atoms with van der Waals surface area (Å²) in [6.45, 7) is 2.08. The second-order valence-corrected chi connectivity index (χ2v) is 11.2. The lowest BCUT2D eigenvalue weighted by Gasteiger charge is -2.22. The summed E-state index contributed by atoms with van der Waals surface area (Å²) in [6.07, 6.45) is 1.04. The average Bonchev–Trinajstić information content (AvgIpc) is 3.53. The van der Waals surface area contributed by atoms with Gasteiger partial charge in [-0.15, -0.1) is 35.1 Å². The normalized spacial score (nSPS) is 17.8. The minimum absolute atomic E-state index is 0. The van der Waals surface area contributed by atoms with Gasteiger partial charge in [-0.05, 0) is 55.4 Å². The van der Waals surface area contributed by atoms with Gasteiger partial charge >= 0.3 is 0 Å². The number of aromatic nitrogens is 1. The molecule has 1 fully saturated rings. The van der Waals surface area contributed by atoms with Gasteiger partial charge in [-0.2, -0.15) is 0 Å². The molecule has 36 heavy (non-hydrogen) atoms. The summed E-state index contributed by atoms with van der Waals surface area (Å²) in [5, 5.41) is 4.88. The van der Waals surface area contributed by atoms with E-state index >= 15 is 0 Å². The van der Waals surface area contributed by atoms with Gasteiger partial charge in [0.25, 0.3) is 0 Å². The van der Waals surface area contributed by atoms with E-state index in [1.165, 1.54) is 22.6 Å². The number of carbonyl (C=O) groups is 2. The van der Waals surface area contributed by atoms with Gasteiger partial charge in [-0.25, -0.2) is 9.37 Å². The molecule has 10 heteroatoms. The van der Waals surface area contributed by atoms with Crippen LogP contribution in [0.25, 0.3) is 20.8 Å². The van der Waals surface area contributed by atoms with Crippen LogP contribution in [0.15, 0.2) is 48.5 Å². The van der Waals surface area contributed by atoms with Crippen molar-refractivity contribution in [3.63, 3.8) is 0 Å². The van der Waals surface area contributed by atoms with Crippen LogP contribution in [0, 0.1) is 11.7 Å². The van der Waals surface area contributed by atoms with Crippen molar-refractivity contribution in [3.05, 3.63) is 64.8 Å². The summed E-state index contributed by atoms with van der Waals surface area (Å²) >= 11 is 3.25. The molecule has 1 unspecified atom stereocenters. The lowest BCUT2D eigenvalue weighted by molar-refractivity contribution is -0.122. The third-order valence-corrected chi connectivity index (χ3v) is 8.81. The Balaban J connectivity index is 0.00000267. The molecule has 2 aromatic heterocycles. The number of thiophene rings is 1. The highest BCUT2D eigenvalue weighted by Crippen LogP contribution is 2.45. The zero-order valence-corrected chi connectivity index (χ0v) is 21.9. The first-order valence-electron chi connectivity index (χ1n) is 11.5. The van der Waals surface area contributed by atoms with Crippen molar-refractivity contribution in [2.75, 3.05) is 30.4 Å². The maximum absolute atomic E-state index is 13.4. The second-order valence-electron chi connectivity index (χ2n) is 9.05. The number of nitrogens with zero attached hydrogens (tertiary/aromatic N) is 3. The van der Waals surface area contributed by atoms with Gasteiger partial charge in [-0.1, -0.05) is 12.1 Å². The summed E-state index contributed by atoms with van der Waals surface area (Å²) in [5.74, 6) is -1.13. The number of carbonyl (C=O) groups excluding carboxylic acids is 2. The number of hydrogen-bond donors (Lipinski definition) is 1. The van der Waals surface area contributed by atoms with E-state index in [4.69, 9.17) is 4.98 Å². The number of para-hydroxylation sites is 1. The highest BCUT2D eigenvalue weighted by atomic mass is 35.5. The molecule has 0 spiro atoms. The Kier molecular flexibility index (Phi) is 6.82. The number of nitrogens with one attached hydrogen (secondary N) is 1. The van der Waals surface area contributed by atoms with Gasteiger partial charge in [0.1, 0.15) is 15.8 Å². The Bertz CT molecular complexity index is 1420. The van der Waals surface area contributed by atoms with Crippen molar-refractivity contribution < 1.29 is 14.0 Å². The number of rotatable bonds is 4. The predicted octanol–water partition coefficient (Wildman–Crippen LogP) is 5.57. The standard InChI is InChI=1S/C26H23FN4O2S2.ClH/c1-30-11-10-18-21(14-30)35-26(23(18)25-28-19-4-2-3-5-20(19)34-25)29-24(33)15-12-22(32)31(13-15)17-8-6-16(27)7-9-17;/h2-9,15H,10-14H2,1H3,(H,29,33);1H. The Morgan fingerprint density at radius 1 is 1.14 bits per heavy atom. The molecule has 1 N–H and O–H groups in total. The average molecular weight is 543 g/mol. The van der Waals surface area contributed by atoms with Crippen LogP contribution in [-0.2, 0) is 22.6 Å². The minimum Gasteiger partial charge on any atom is -0.317 e. The van der Waals surface area contributed by atoms with Crippen molar-refractivity contribution in [1.29, 1.82) is 0 Å². The summed E-state index contributed by atoms with van der Waals surface area (Å²) in [7, 11) is 2.10. The molecule has 186 valence electrons. The monoisotopic (exact) mass is 542 g/mol. The topological polar surface area (TPSA) is 65.5 Å². The van der Waals surface area contributed by atoms with E-state index < -0.39 is 5.92 Å². The minimum atomic E-state index is -0.474. The van der Waals surface area contributed by atoms with Gasteiger partial charge < -0.3 is 15.1 Å². The molecule has 4 heterocycles. The van der Waals surface area contributed by atoms with Crippen molar-refractivity contribution in [2.24, 2.45) is 5.92 Å². The van der Waals surface area contributed by atoms with Crippen LogP contribution in [0.4, 0.5) is 15.1 Å². The molecule has 0 radical (unpaired) electrons. The zero-order chi connectivity index (χ0) is 24.1. The van der Waals surface area contributed by atoms with Crippen molar-refractivity contribution in [3.8, 4) is 10.6 Å². The fourth-order valence-corrected chi connectivity index (χ4v) is 7.23. The van der Waals surface area contributed by atoms with Crippen LogP contribution in [0.1, 0.15) is 16.9 Å². The van der Waals surface area contributed by atoms with E-state index in [0.29, 0.717) is 5.69 Å². The van der Waals surface area contributed by atoms with Crippen LogP contribution >= 0.6 is 35.1 Å². The molecule has 4 aromatic rings. The van der Waals surface area contributed by atoms with Crippen LogP contribution in [-0.4, -0.2) is 41.8 Å².